The van der Waals surface area contributed by atoms with Gasteiger partial charge >= 0.3 is 64.5 Å². The fourth-order valence-electron chi connectivity index (χ4n) is 3.07. The van der Waals surface area contributed by atoms with Gasteiger partial charge in [0.25, 0.3) is 0 Å². The van der Waals surface area contributed by atoms with Gasteiger partial charge in [-0.15, -0.1) is 5.98 Å². The Hall–Kier alpha value is 0.501. The van der Waals surface area contributed by atoms with Crippen LogP contribution in [0.25, 0.3) is 0 Å². The van der Waals surface area contributed by atoms with Gasteiger partial charge in [0.05, 0.1) is 0 Å². The van der Waals surface area contributed by atoms with Gasteiger partial charge in [-0.1, -0.05) is 5.57 Å². The van der Waals surface area contributed by atoms with Crippen LogP contribution in [0.3, 0.4) is 0 Å². The van der Waals surface area contributed by atoms with Crippen molar-refractivity contribution < 1.29 is 73.9 Å². The van der Waals surface area contributed by atoms with Gasteiger partial charge in [-0.2, -0.15) is 0 Å². The molecule has 3 nitrogen and oxygen atoms in total. The SMILES string of the molecule is CC(C)(C)OC(=O)N1C2CCC1CC(=C[B-](F)(F)F)C2.[K+]. The second-order valence-corrected chi connectivity index (χ2v) is 6.63. The zero-order valence-corrected chi connectivity index (χ0v) is 16.2. The van der Waals surface area contributed by atoms with Gasteiger partial charge in [-0.3, -0.25) is 0 Å². The van der Waals surface area contributed by atoms with Crippen molar-refractivity contribution in [3.8, 4) is 0 Å². The summed E-state index contributed by atoms with van der Waals surface area (Å²) in [4.78, 5) is 13.8. The first-order chi connectivity index (χ1) is 9.05. The molecule has 2 bridgehead atoms. The number of hydrogen-bond acceptors (Lipinski definition) is 2. The van der Waals surface area contributed by atoms with Crippen molar-refractivity contribution in [3.05, 3.63) is 11.5 Å². The van der Waals surface area contributed by atoms with Crippen LogP contribution in [0.1, 0.15) is 46.5 Å². The van der Waals surface area contributed by atoms with Crippen LogP contribution >= 0.6 is 0 Å². The topological polar surface area (TPSA) is 29.5 Å². The maximum absolute atomic E-state index is 12.5. The maximum atomic E-state index is 12.5. The van der Waals surface area contributed by atoms with Crippen LogP contribution in [0.15, 0.2) is 11.5 Å². The summed E-state index contributed by atoms with van der Waals surface area (Å²) in [6.45, 7) is 0.460. The van der Waals surface area contributed by atoms with Crippen molar-refractivity contribution in [2.45, 2.75) is 64.1 Å². The molecule has 0 spiro atoms. The Labute approximate surface area is 166 Å². The molecule has 8 heteroatoms. The van der Waals surface area contributed by atoms with Crippen LogP contribution in [-0.2, 0) is 4.74 Å². The van der Waals surface area contributed by atoms with E-state index in [1.165, 1.54) is 0 Å². The Morgan fingerprint density at radius 1 is 1.24 bits per heavy atom. The van der Waals surface area contributed by atoms with Crippen molar-refractivity contribution in [2.75, 3.05) is 0 Å². The predicted octanol–water partition coefficient (Wildman–Crippen LogP) is 0.865. The molecule has 114 valence electrons. The van der Waals surface area contributed by atoms with Crippen molar-refractivity contribution >= 4 is 13.1 Å². The van der Waals surface area contributed by atoms with Gasteiger partial charge in [0.2, 0.25) is 0 Å². The first-order valence-corrected chi connectivity index (χ1v) is 6.97. The molecule has 0 aromatic heterocycles. The van der Waals surface area contributed by atoms with Gasteiger partial charge in [0.1, 0.15) is 5.60 Å². The third-order valence-electron chi connectivity index (χ3n) is 3.64. The molecule has 0 radical (unpaired) electrons. The molecule has 2 aliphatic rings. The number of carbonyl (C=O) groups is 1. The van der Waals surface area contributed by atoms with Crippen LogP contribution in [0.2, 0.25) is 0 Å². The number of piperidine rings is 1. The van der Waals surface area contributed by atoms with Crippen LogP contribution in [-0.4, -0.2) is 35.7 Å². The van der Waals surface area contributed by atoms with E-state index in [2.05, 4.69) is 0 Å². The Bertz CT molecular complexity index is 418. The molecule has 2 saturated heterocycles. The Kier molecular flexibility index (Phi) is 6.47. The Morgan fingerprint density at radius 3 is 2.10 bits per heavy atom. The standard InChI is InChI=1S/C13H20BF3NO2.K/c1-13(2,3)20-12(19)18-10-4-5-11(18)7-9(6-10)8-14(15,16)17;/h8,10-11H,4-7H2,1-3H3;/q-1;+1. The number of nitrogens with zero attached hydrogens (tertiary/aromatic N) is 1. The largest absolute Gasteiger partial charge is 1.00 e. The summed E-state index contributed by atoms with van der Waals surface area (Å²) in [5.74, 6) is 0.456. The minimum Gasteiger partial charge on any atom is -0.445 e. The fraction of sp³-hybridized carbons (Fsp3) is 0.769. The van der Waals surface area contributed by atoms with E-state index in [-0.39, 0.29) is 63.5 Å². The summed E-state index contributed by atoms with van der Waals surface area (Å²) in [6, 6.07) is -0.291. The van der Waals surface area contributed by atoms with Crippen molar-refractivity contribution in [3.63, 3.8) is 0 Å². The normalized spacial score (nSPS) is 25.4. The number of halogens is 3. The molecule has 2 unspecified atom stereocenters. The summed E-state index contributed by atoms with van der Waals surface area (Å²) >= 11 is 0. The molecule has 0 N–H and O–H groups in total. The van der Waals surface area contributed by atoms with Gasteiger partial charge in [0, 0.05) is 12.1 Å². The van der Waals surface area contributed by atoms with E-state index in [9.17, 15) is 17.7 Å². The van der Waals surface area contributed by atoms with Crippen molar-refractivity contribution in [2.24, 2.45) is 0 Å². The molecule has 2 heterocycles. The van der Waals surface area contributed by atoms with Crippen molar-refractivity contribution in [1.82, 2.24) is 4.90 Å². The number of ether oxygens (including phenoxy) is 1. The Morgan fingerprint density at radius 2 is 1.71 bits per heavy atom. The molecular weight excluding hydrogens is 309 g/mol. The van der Waals surface area contributed by atoms with E-state index in [1.54, 1.807) is 25.7 Å². The first kappa shape index (κ1) is 19.5. The van der Waals surface area contributed by atoms with Crippen LogP contribution in [0.4, 0.5) is 17.7 Å². The molecule has 21 heavy (non-hydrogen) atoms. The van der Waals surface area contributed by atoms with Gasteiger partial charge in [0.15, 0.2) is 0 Å². The van der Waals surface area contributed by atoms with E-state index in [0.717, 1.165) is 12.8 Å². The summed E-state index contributed by atoms with van der Waals surface area (Å²) < 4.78 is 42.8. The molecule has 0 aromatic rings. The van der Waals surface area contributed by atoms with Crippen molar-refractivity contribution in [1.29, 1.82) is 0 Å². The van der Waals surface area contributed by atoms with E-state index in [4.69, 9.17) is 4.74 Å². The number of carbonyl (C=O) groups excluding carboxylic acids is 1. The molecule has 0 aromatic carbocycles. The molecule has 2 rings (SSSR count). The zero-order chi connectivity index (χ0) is 15.1. The van der Waals surface area contributed by atoms with Gasteiger partial charge in [-0.05, 0) is 46.5 Å². The summed E-state index contributed by atoms with van der Waals surface area (Å²) in [6.07, 6.45) is 1.74. The predicted molar refractivity (Wildman–Crippen MR) is 71.3 cm³/mol. The van der Waals surface area contributed by atoms with E-state index in [1.807, 2.05) is 0 Å². The zero-order valence-electron chi connectivity index (χ0n) is 13.0. The molecular formula is C13H20BF3KNO2. The average Bonchev–Trinajstić information content (AvgIpc) is 2.46. The van der Waals surface area contributed by atoms with Crippen LogP contribution < -0.4 is 51.4 Å². The monoisotopic (exact) mass is 329 g/mol. The van der Waals surface area contributed by atoms with E-state index in [0.29, 0.717) is 24.4 Å². The summed E-state index contributed by atoms with van der Waals surface area (Å²) in [7, 11) is 0. The average molecular weight is 329 g/mol. The number of hydrogen-bond donors (Lipinski definition) is 0. The second-order valence-electron chi connectivity index (χ2n) is 6.63. The number of amides is 1. The third kappa shape index (κ3) is 5.57. The fourth-order valence-corrected chi connectivity index (χ4v) is 3.07. The van der Waals surface area contributed by atoms with E-state index >= 15 is 0 Å². The first-order valence-electron chi connectivity index (χ1n) is 6.97. The molecule has 0 saturated carbocycles. The molecule has 1 amide bonds. The molecule has 2 aliphatic heterocycles. The quantitative estimate of drug-likeness (QED) is 0.668. The van der Waals surface area contributed by atoms with Gasteiger partial charge in [-0.25, -0.2) is 4.79 Å². The summed E-state index contributed by atoms with van der Waals surface area (Å²) in [5.41, 5.74) is -0.161. The van der Waals surface area contributed by atoms with Crippen LogP contribution in [0, 0.1) is 0 Å². The second kappa shape index (κ2) is 6.95. The van der Waals surface area contributed by atoms with E-state index < -0.39 is 18.7 Å². The molecule has 2 fully saturated rings. The number of fused-ring (bicyclic) bond motifs is 2. The van der Waals surface area contributed by atoms with Crippen LogP contribution in [0.5, 0.6) is 0 Å². The van der Waals surface area contributed by atoms with Gasteiger partial charge < -0.3 is 22.6 Å². The maximum Gasteiger partial charge on any atom is 1.00 e. The third-order valence-corrected chi connectivity index (χ3v) is 3.64. The molecule has 0 aliphatic carbocycles. The molecule has 2 atom stereocenters. The number of rotatable bonds is 1. The Balaban J connectivity index is 0.00000220. The minimum absolute atomic E-state index is 0. The smallest absolute Gasteiger partial charge is 0.445 e. The minimum atomic E-state index is -4.90. The summed E-state index contributed by atoms with van der Waals surface area (Å²) in [5, 5.41) is 0.